The molecule has 1 aromatic rings. The van der Waals surface area contributed by atoms with Crippen LogP contribution in [-0.4, -0.2) is 5.78 Å². The van der Waals surface area contributed by atoms with Gasteiger partial charge < -0.3 is 0 Å². The SMILES string of the molecule is N#Cc1cccc2c1CC(=O)C1CC=CC(F)=C1S2. The summed E-state index contributed by atoms with van der Waals surface area (Å²) in [4.78, 5) is 13.6. The first-order valence-corrected chi connectivity index (χ1v) is 6.81. The van der Waals surface area contributed by atoms with Crippen molar-refractivity contribution in [2.75, 3.05) is 0 Å². The Bertz CT molecular complexity index is 669. The number of fused-ring (bicyclic) bond motifs is 2. The fraction of sp³-hybridized carbons (Fsp3) is 0.200. The van der Waals surface area contributed by atoms with Crippen LogP contribution in [0.5, 0.6) is 0 Å². The lowest BCUT2D eigenvalue weighted by molar-refractivity contribution is -0.120. The highest BCUT2D eigenvalue weighted by molar-refractivity contribution is 8.03. The topological polar surface area (TPSA) is 40.9 Å². The van der Waals surface area contributed by atoms with E-state index in [1.807, 2.05) is 6.07 Å². The molecule has 1 aliphatic heterocycles. The summed E-state index contributed by atoms with van der Waals surface area (Å²) in [6.07, 6.45) is 3.88. The fourth-order valence-corrected chi connectivity index (χ4v) is 3.65. The highest BCUT2D eigenvalue weighted by Crippen LogP contribution is 2.44. The summed E-state index contributed by atoms with van der Waals surface area (Å²) in [5.41, 5.74) is 1.24. The van der Waals surface area contributed by atoms with Crippen LogP contribution in [0.3, 0.4) is 0 Å². The molecule has 1 aromatic carbocycles. The number of allylic oxidation sites excluding steroid dienone is 4. The van der Waals surface area contributed by atoms with Gasteiger partial charge in [-0.15, -0.1) is 0 Å². The van der Waals surface area contributed by atoms with E-state index in [1.165, 1.54) is 17.8 Å². The third kappa shape index (κ3) is 2.00. The van der Waals surface area contributed by atoms with Gasteiger partial charge >= 0.3 is 0 Å². The lowest BCUT2D eigenvalue weighted by atomic mass is 9.90. The smallest absolute Gasteiger partial charge is 0.145 e. The van der Waals surface area contributed by atoms with Crippen molar-refractivity contribution in [3.8, 4) is 6.07 Å². The van der Waals surface area contributed by atoms with E-state index in [9.17, 15) is 9.18 Å². The summed E-state index contributed by atoms with van der Waals surface area (Å²) in [6, 6.07) is 7.42. The van der Waals surface area contributed by atoms with Crippen LogP contribution >= 0.6 is 11.8 Å². The zero-order valence-corrected chi connectivity index (χ0v) is 10.8. The molecule has 1 aliphatic carbocycles. The van der Waals surface area contributed by atoms with E-state index in [0.717, 1.165) is 10.5 Å². The molecule has 1 unspecified atom stereocenters. The number of nitrogens with zero attached hydrogens (tertiary/aromatic N) is 1. The lowest BCUT2D eigenvalue weighted by Gasteiger charge is -2.17. The maximum atomic E-state index is 13.9. The van der Waals surface area contributed by atoms with Gasteiger partial charge in [0.05, 0.1) is 17.6 Å². The third-order valence-electron chi connectivity index (χ3n) is 3.40. The number of benzene rings is 1. The minimum atomic E-state index is -0.394. The summed E-state index contributed by atoms with van der Waals surface area (Å²) in [7, 11) is 0. The number of hydrogen-bond acceptors (Lipinski definition) is 3. The Balaban J connectivity index is 2.17. The van der Waals surface area contributed by atoms with Gasteiger partial charge in [-0.3, -0.25) is 4.79 Å². The molecule has 2 aliphatic rings. The molecule has 0 fully saturated rings. The number of Topliss-reactive ketones (excluding diaryl/α,β-unsaturated/α-hetero) is 1. The quantitative estimate of drug-likeness (QED) is 0.724. The van der Waals surface area contributed by atoms with E-state index in [0.29, 0.717) is 16.9 Å². The molecule has 19 heavy (non-hydrogen) atoms. The minimum Gasteiger partial charge on any atom is -0.299 e. The molecule has 94 valence electrons. The van der Waals surface area contributed by atoms with E-state index in [1.54, 1.807) is 18.2 Å². The normalized spacial score (nSPS) is 21.5. The monoisotopic (exact) mass is 271 g/mol. The number of ketones is 1. The van der Waals surface area contributed by atoms with Crippen molar-refractivity contribution in [1.29, 1.82) is 5.26 Å². The van der Waals surface area contributed by atoms with Crippen molar-refractivity contribution in [1.82, 2.24) is 0 Å². The maximum Gasteiger partial charge on any atom is 0.145 e. The molecule has 0 radical (unpaired) electrons. The van der Waals surface area contributed by atoms with Gasteiger partial charge in [-0.2, -0.15) is 5.26 Å². The number of thioether (sulfide) groups is 1. The van der Waals surface area contributed by atoms with Crippen LogP contribution in [0.4, 0.5) is 4.39 Å². The van der Waals surface area contributed by atoms with Crippen LogP contribution < -0.4 is 0 Å². The van der Waals surface area contributed by atoms with Crippen LogP contribution in [0, 0.1) is 17.2 Å². The maximum absolute atomic E-state index is 13.9. The largest absolute Gasteiger partial charge is 0.299 e. The second-order valence-electron chi connectivity index (χ2n) is 4.54. The van der Waals surface area contributed by atoms with Crippen molar-refractivity contribution in [2.45, 2.75) is 17.7 Å². The van der Waals surface area contributed by atoms with Crippen molar-refractivity contribution < 1.29 is 9.18 Å². The molecule has 4 heteroatoms. The predicted molar refractivity (Wildman–Crippen MR) is 71.1 cm³/mol. The summed E-state index contributed by atoms with van der Waals surface area (Å²) in [5.74, 6) is -0.734. The van der Waals surface area contributed by atoms with Gasteiger partial charge in [-0.1, -0.05) is 23.9 Å². The second kappa shape index (κ2) is 4.67. The average Bonchev–Trinajstić information content (AvgIpc) is 2.56. The molecule has 1 heterocycles. The molecule has 1 atom stereocenters. The molecule has 2 nitrogen and oxygen atoms in total. The number of rotatable bonds is 0. The molecular weight excluding hydrogens is 261 g/mol. The summed E-state index contributed by atoms with van der Waals surface area (Å²) < 4.78 is 13.9. The van der Waals surface area contributed by atoms with Crippen LogP contribution in [0.2, 0.25) is 0 Å². The predicted octanol–water partition coefficient (Wildman–Crippen LogP) is 3.53. The van der Waals surface area contributed by atoms with Crippen LogP contribution in [0.1, 0.15) is 17.5 Å². The first kappa shape index (κ1) is 12.2. The van der Waals surface area contributed by atoms with Gasteiger partial charge in [0.1, 0.15) is 11.6 Å². The number of hydrogen-bond donors (Lipinski definition) is 0. The minimum absolute atomic E-state index is 0.0107. The van der Waals surface area contributed by atoms with Crippen LogP contribution in [0.15, 0.2) is 46.0 Å². The van der Waals surface area contributed by atoms with E-state index >= 15 is 0 Å². The zero-order chi connectivity index (χ0) is 13.4. The van der Waals surface area contributed by atoms with Gasteiger partial charge in [0.25, 0.3) is 0 Å². The van der Waals surface area contributed by atoms with E-state index in [4.69, 9.17) is 5.26 Å². The summed E-state index contributed by atoms with van der Waals surface area (Å²) in [5, 5.41) is 9.11. The van der Waals surface area contributed by atoms with Crippen LogP contribution in [-0.2, 0) is 11.2 Å². The van der Waals surface area contributed by atoms with Gasteiger partial charge in [0.2, 0.25) is 0 Å². The molecular formula is C15H10FNOS. The molecule has 0 N–H and O–H groups in total. The van der Waals surface area contributed by atoms with Crippen molar-refractivity contribution >= 4 is 17.5 Å². The number of carbonyl (C=O) groups is 1. The third-order valence-corrected chi connectivity index (χ3v) is 4.70. The fourth-order valence-electron chi connectivity index (χ4n) is 2.43. The first-order chi connectivity index (χ1) is 9.20. The Morgan fingerprint density at radius 2 is 2.26 bits per heavy atom. The van der Waals surface area contributed by atoms with Crippen molar-refractivity contribution in [3.05, 3.63) is 52.2 Å². The van der Waals surface area contributed by atoms with Gasteiger partial charge in [0.15, 0.2) is 0 Å². The number of nitriles is 1. The highest BCUT2D eigenvalue weighted by Gasteiger charge is 2.32. The molecule has 0 spiro atoms. The highest BCUT2D eigenvalue weighted by atomic mass is 32.2. The number of halogens is 1. The summed E-state index contributed by atoms with van der Waals surface area (Å²) in [6.45, 7) is 0. The molecule has 0 bridgehead atoms. The Hall–Kier alpha value is -1.86. The molecule has 0 saturated heterocycles. The Labute approximate surface area is 114 Å². The van der Waals surface area contributed by atoms with Gasteiger partial charge in [-0.25, -0.2) is 4.39 Å². The Morgan fingerprint density at radius 3 is 3.05 bits per heavy atom. The lowest BCUT2D eigenvalue weighted by Crippen LogP contribution is -2.18. The van der Waals surface area contributed by atoms with E-state index in [2.05, 4.69) is 6.07 Å². The standard InChI is InChI=1S/C15H10FNOS/c16-12-5-2-4-10-13(18)7-11-9(8-17)3-1-6-14(11)19-15(10)12/h1-3,5-6,10H,4,7H2. The molecule has 0 saturated carbocycles. The molecule has 0 amide bonds. The first-order valence-electron chi connectivity index (χ1n) is 5.99. The Kier molecular flexibility index (Phi) is 3.00. The van der Waals surface area contributed by atoms with Gasteiger partial charge in [-0.05, 0) is 30.2 Å². The second-order valence-corrected chi connectivity index (χ2v) is 5.63. The summed E-state index contributed by atoms with van der Waals surface area (Å²) >= 11 is 1.28. The zero-order valence-electron chi connectivity index (χ0n) is 10.0. The van der Waals surface area contributed by atoms with Crippen molar-refractivity contribution in [2.24, 2.45) is 5.92 Å². The molecule has 0 aromatic heterocycles. The molecule has 3 rings (SSSR count). The average molecular weight is 271 g/mol. The van der Waals surface area contributed by atoms with Crippen molar-refractivity contribution in [3.63, 3.8) is 0 Å². The number of carbonyl (C=O) groups excluding carboxylic acids is 1. The van der Waals surface area contributed by atoms with Gasteiger partial charge in [0, 0.05) is 16.2 Å². The Morgan fingerprint density at radius 1 is 1.42 bits per heavy atom. The van der Waals surface area contributed by atoms with E-state index < -0.39 is 5.92 Å². The van der Waals surface area contributed by atoms with Crippen LogP contribution in [0.25, 0.3) is 0 Å². The van der Waals surface area contributed by atoms with E-state index in [-0.39, 0.29) is 18.0 Å².